The quantitative estimate of drug-likeness (QED) is 0.482. The molecule has 1 heterocycles. The van der Waals surface area contributed by atoms with Gasteiger partial charge in [0.05, 0.1) is 28.8 Å². The Labute approximate surface area is 120 Å². The van der Waals surface area contributed by atoms with Gasteiger partial charge in [-0.2, -0.15) is 5.10 Å². The molecule has 20 heavy (non-hydrogen) atoms. The van der Waals surface area contributed by atoms with Gasteiger partial charge in [-0.1, -0.05) is 18.5 Å². The number of nitrogens with zero attached hydrogens (tertiary/aromatic N) is 3. The first-order valence-corrected chi connectivity index (χ1v) is 6.37. The van der Waals surface area contributed by atoms with E-state index in [1.807, 2.05) is 0 Å². The van der Waals surface area contributed by atoms with E-state index in [1.165, 1.54) is 16.9 Å². The lowest BCUT2D eigenvalue weighted by Gasteiger charge is -2.03. The number of ketones is 1. The summed E-state index contributed by atoms with van der Waals surface area (Å²) in [5.74, 6) is -0.0122. The van der Waals surface area contributed by atoms with Crippen LogP contribution in [-0.2, 0) is 6.54 Å². The Balaban J connectivity index is 2.28. The molecule has 0 fully saturated rings. The van der Waals surface area contributed by atoms with E-state index in [4.69, 9.17) is 11.6 Å². The SMILES string of the molecule is CCC(=O)c1cnn(Cc2ccc(Cl)cc2[N+](=O)[O-])c1. The highest BCUT2D eigenvalue weighted by atomic mass is 35.5. The lowest BCUT2D eigenvalue weighted by atomic mass is 10.2. The molecule has 0 N–H and O–H groups in total. The summed E-state index contributed by atoms with van der Waals surface area (Å²) in [6.45, 7) is 1.98. The number of carbonyl (C=O) groups excluding carboxylic acids is 1. The summed E-state index contributed by atoms with van der Waals surface area (Å²) in [6.07, 6.45) is 3.45. The van der Waals surface area contributed by atoms with Crippen molar-refractivity contribution in [3.63, 3.8) is 0 Å². The van der Waals surface area contributed by atoms with Gasteiger partial charge < -0.3 is 0 Å². The Morgan fingerprint density at radius 3 is 2.90 bits per heavy atom. The highest BCUT2D eigenvalue weighted by molar-refractivity contribution is 6.30. The van der Waals surface area contributed by atoms with Gasteiger partial charge in [-0.15, -0.1) is 0 Å². The molecule has 0 saturated heterocycles. The maximum absolute atomic E-state index is 11.5. The van der Waals surface area contributed by atoms with Crippen molar-refractivity contribution in [2.75, 3.05) is 0 Å². The number of rotatable bonds is 5. The minimum absolute atomic E-state index is 0.0122. The van der Waals surface area contributed by atoms with Crippen LogP contribution in [0.4, 0.5) is 5.69 Å². The van der Waals surface area contributed by atoms with Crippen LogP contribution in [0.5, 0.6) is 0 Å². The fourth-order valence-corrected chi connectivity index (χ4v) is 1.98. The van der Waals surface area contributed by atoms with Gasteiger partial charge in [0.15, 0.2) is 5.78 Å². The summed E-state index contributed by atoms with van der Waals surface area (Å²) in [5, 5.41) is 15.3. The average Bonchev–Trinajstić information content (AvgIpc) is 2.88. The number of hydrogen-bond donors (Lipinski definition) is 0. The van der Waals surface area contributed by atoms with E-state index in [0.717, 1.165) is 0 Å². The van der Waals surface area contributed by atoms with E-state index in [0.29, 0.717) is 22.6 Å². The molecular weight excluding hydrogens is 282 g/mol. The molecule has 0 bridgehead atoms. The average molecular weight is 294 g/mol. The third kappa shape index (κ3) is 3.03. The van der Waals surface area contributed by atoms with Crippen molar-refractivity contribution in [1.29, 1.82) is 0 Å². The first-order chi connectivity index (χ1) is 9.51. The van der Waals surface area contributed by atoms with Crippen LogP contribution in [0.1, 0.15) is 29.3 Å². The number of nitro groups is 1. The molecule has 2 aromatic rings. The Morgan fingerprint density at radius 2 is 2.25 bits per heavy atom. The lowest BCUT2D eigenvalue weighted by Crippen LogP contribution is -2.04. The Kier molecular flexibility index (Phi) is 4.14. The molecular formula is C13H12ClN3O3. The van der Waals surface area contributed by atoms with Crippen LogP contribution in [0.15, 0.2) is 30.6 Å². The second-order valence-electron chi connectivity index (χ2n) is 4.23. The minimum atomic E-state index is -0.483. The molecule has 7 heteroatoms. The van der Waals surface area contributed by atoms with Gasteiger partial charge in [-0.05, 0) is 12.1 Å². The molecule has 0 aliphatic heterocycles. The van der Waals surface area contributed by atoms with E-state index < -0.39 is 4.92 Å². The van der Waals surface area contributed by atoms with Gasteiger partial charge in [0.2, 0.25) is 0 Å². The van der Waals surface area contributed by atoms with E-state index in [2.05, 4.69) is 5.10 Å². The zero-order valence-corrected chi connectivity index (χ0v) is 11.5. The van der Waals surface area contributed by atoms with Crippen molar-refractivity contribution in [1.82, 2.24) is 9.78 Å². The lowest BCUT2D eigenvalue weighted by molar-refractivity contribution is -0.385. The maximum Gasteiger partial charge on any atom is 0.275 e. The standard InChI is InChI=1S/C13H12ClN3O3/c1-2-13(18)10-6-15-16(8-10)7-9-3-4-11(14)5-12(9)17(19)20/h3-6,8H,2,7H2,1H3. The van der Waals surface area contributed by atoms with Gasteiger partial charge in [-0.25, -0.2) is 0 Å². The summed E-state index contributed by atoms with van der Waals surface area (Å²) in [4.78, 5) is 22.0. The Bertz CT molecular complexity index is 667. The van der Waals surface area contributed by atoms with Gasteiger partial charge in [0, 0.05) is 23.7 Å². The van der Waals surface area contributed by atoms with E-state index >= 15 is 0 Å². The molecule has 0 amide bonds. The summed E-state index contributed by atoms with van der Waals surface area (Å²) in [7, 11) is 0. The second-order valence-corrected chi connectivity index (χ2v) is 4.67. The summed E-state index contributed by atoms with van der Waals surface area (Å²) < 4.78 is 1.50. The topological polar surface area (TPSA) is 78.0 Å². The van der Waals surface area contributed by atoms with Gasteiger partial charge in [-0.3, -0.25) is 19.6 Å². The zero-order valence-electron chi connectivity index (χ0n) is 10.7. The van der Waals surface area contributed by atoms with Gasteiger partial charge in [0.1, 0.15) is 0 Å². The first kappa shape index (κ1) is 14.2. The molecule has 1 aromatic carbocycles. The van der Waals surface area contributed by atoms with Crippen molar-refractivity contribution in [2.24, 2.45) is 0 Å². The normalized spacial score (nSPS) is 10.5. The Hall–Kier alpha value is -2.21. The van der Waals surface area contributed by atoms with Crippen molar-refractivity contribution in [3.05, 3.63) is 56.9 Å². The summed E-state index contributed by atoms with van der Waals surface area (Å²) in [5.41, 5.74) is 0.929. The fraction of sp³-hybridized carbons (Fsp3) is 0.231. The van der Waals surface area contributed by atoms with Crippen LogP contribution in [-0.4, -0.2) is 20.5 Å². The van der Waals surface area contributed by atoms with Crippen molar-refractivity contribution < 1.29 is 9.72 Å². The molecule has 0 unspecified atom stereocenters. The molecule has 1 aromatic heterocycles. The molecule has 0 saturated carbocycles. The number of benzene rings is 1. The van der Waals surface area contributed by atoms with Crippen molar-refractivity contribution in [2.45, 2.75) is 19.9 Å². The highest BCUT2D eigenvalue weighted by Crippen LogP contribution is 2.23. The summed E-state index contributed by atoms with van der Waals surface area (Å²) in [6, 6.07) is 4.48. The monoisotopic (exact) mass is 293 g/mol. The zero-order chi connectivity index (χ0) is 14.7. The third-order valence-corrected chi connectivity index (χ3v) is 3.09. The first-order valence-electron chi connectivity index (χ1n) is 5.99. The van der Waals surface area contributed by atoms with Crippen LogP contribution >= 0.6 is 11.6 Å². The van der Waals surface area contributed by atoms with E-state index in [-0.39, 0.29) is 18.0 Å². The van der Waals surface area contributed by atoms with Gasteiger partial charge in [0.25, 0.3) is 5.69 Å². The van der Waals surface area contributed by atoms with Crippen molar-refractivity contribution in [3.8, 4) is 0 Å². The second kappa shape index (κ2) is 5.83. The molecule has 0 aliphatic rings. The fourth-order valence-electron chi connectivity index (χ4n) is 1.81. The number of aromatic nitrogens is 2. The van der Waals surface area contributed by atoms with Crippen LogP contribution < -0.4 is 0 Å². The predicted molar refractivity (Wildman–Crippen MR) is 74.1 cm³/mol. The smallest absolute Gasteiger partial charge is 0.275 e. The van der Waals surface area contributed by atoms with Crippen LogP contribution in [0.2, 0.25) is 5.02 Å². The van der Waals surface area contributed by atoms with E-state index in [1.54, 1.807) is 25.3 Å². The molecule has 2 rings (SSSR count). The molecule has 0 aliphatic carbocycles. The van der Waals surface area contributed by atoms with Gasteiger partial charge >= 0.3 is 0 Å². The molecule has 0 atom stereocenters. The third-order valence-electron chi connectivity index (χ3n) is 2.85. The number of halogens is 1. The van der Waals surface area contributed by atoms with E-state index in [9.17, 15) is 14.9 Å². The number of carbonyl (C=O) groups is 1. The highest BCUT2D eigenvalue weighted by Gasteiger charge is 2.15. The number of Topliss-reactive ketones (excluding diaryl/α,β-unsaturated/α-hetero) is 1. The minimum Gasteiger partial charge on any atom is -0.294 e. The van der Waals surface area contributed by atoms with Crippen molar-refractivity contribution >= 4 is 23.1 Å². The number of hydrogen-bond acceptors (Lipinski definition) is 4. The molecule has 0 radical (unpaired) electrons. The molecule has 104 valence electrons. The van der Waals surface area contributed by atoms with Crippen LogP contribution in [0.25, 0.3) is 0 Å². The largest absolute Gasteiger partial charge is 0.294 e. The summed E-state index contributed by atoms with van der Waals surface area (Å²) >= 11 is 5.76. The Morgan fingerprint density at radius 1 is 1.50 bits per heavy atom. The van der Waals surface area contributed by atoms with Crippen LogP contribution in [0.3, 0.4) is 0 Å². The molecule has 6 nitrogen and oxygen atoms in total. The molecule has 0 spiro atoms. The number of nitro benzene ring substituents is 1. The maximum atomic E-state index is 11.5. The van der Waals surface area contributed by atoms with Crippen LogP contribution in [0, 0.1) is 10.1 Å². The predicted octanol–water partition coefficient (Wildman–Crippen LogP) is 3.09.